The highest BCUT2D eigenvalue weighted by Gasteiger charge is 2.16. The second-order valence-corrected chi connectivity index (χ2v) is 7.93. The van der Waals surface area contributed by atoms with Crippen LogP contribution in [0.3, 0.4) is 0 Å². The third kappa shape index (κ3) is 3.40. The van der Waals surface area contributed by atoms with E-state index in [9.17, 15) is 4.79 Å². The summed E-state index contributed by atoms with van der Waals surface area (Å²) in [6, 6.07) is 28.0. The first-order chi connectivity index (χ1) is 16.8. The molecule has 0 spiro atoms. The highest BCUT2D eigenvalue weighted by molar-refractivity contribution is 6.02. The van der Waals surface area contributed by atoms with E-state index in [1.165, 1.54) is 0 Å². The van der Waals surface area contributed by atoms with E-state index >= 15 is 0 Å². The topological polar surface area (TPSA) is 88.5 Å². The van der Waals surface area contributed by atoms with E-state index in [4.69, 9.17) is 4.98 Å². The van der Waals surface area contributed by atoms with Gasteiger partial charge in [0.25, 0.3) is 5.56 Å². The average molecular weight is 444 g/mol. The summed E-state index contributed by atoms with van der Waals surface area (Å²) in [5.74, 6) is 0.439. The summed E-state index contributed by atoms with van der Waals surface area (Å²) < 4.78 is 1.61. The number of anilines is 1. The molecule has 0 unspecified atom stereocenters. The van der Waals surface area contributed by atoms with Crippen molar-refractivity contribution in [1.82, 2.24) is 24.7 Å². The maximum atomic E-state index is 13.3. The Morgan fingerprint density at radius 2 is 1.59 bits per heavy atom. The van der Waals surface area contributed by atoms with Gasteiger partial charge in [0.05, 0.1) is 16.5 Å². The number of para-hydroxylation sites is 1. The molecule has 3 aromatic heterocycles. The minimum absolute atomic E-state index is 0.179. The molecule has 0 bridgehead atoms. The lowest BCUT2D eigenvalue weighted by molar-refractivity contribution is 1.00. The third-order valence-electron chi connectivity index (χ3n) is 5.86. The molecule has 0 aliphatic rings. The highest BCUT2D eigenvalue weighted by Crippen LogP contribution is 2.25. The number of nitrogens with zero attached hydrogens (tertiary/aromatic N) is 4. The lowest BCUT2D eigenvalue weighted by Gasteiger charge is -2.13. The van der Waals surface area contributed by atoms with Gasteiger partial charge in [-0.05, 0) is 28.8 Å². The van der Waals surface area contributed by atoms with Gasteiger partial charge in [0.1, 0.15) is 5.52 Å². The molecule has 0 atom stereocenters. The second kappa shape index (κ2) is 8.29. The van der Waals surface area contributed by atoms with E-state index in [2.05, 4.69) is 44.8 Å². The van der Waals surface area contributed by atoms with Crippen LogP contribution in [0.4, 0.5) is 5.95 Å². The van der Waals surface area contributed by atoms with Crippen molar-refractivity contribution in [3.8, 4) is 16.8 Å². The first-order valence-electron chi connectivity index (χ1n) is 11.0. The van der Waals surface area contributed by atoms with Gasteiger partial charge in [-0.15, -0.1) is 0 Å². The predicted octanol–water partition coefficient (Wildman–Crippen LogP) is 4.94. The molecule has 6 rings (SSSR count). The number of fused-ring (bicyclic) bond motifs is 3. The number of aromatic nitrogens is 5. The zero-order chi connectivity index (χ0) is 22.9. The van der Waals surface area contributed by atoms with Gasteiger partial charge in [0, 0.05) is 18.9 Å². The van der Waals surface area contributed by atoms with E-state index in [0.29, 0.717) is 34.4 Å². The van der Waals surface area contributed by atoms with Crippen molar-refractivity contribution in [2.24, 2.45) is 0 Å². The fraction of sp³-hybridized carbons (Fsp3) is 0.0370. The van der Waals surface area contributed by atoms with Crippen molar-refractivity contribution < 1.29 is 0 Å². The molecule has 0 saturated heterocycles. The summed E-state index contributed by atoms with van der Waals surface area (Å²) in [6.45, 7) is 0.538. The number of rotatable bonds is 5. The smallest absolute Gasteiger partial charge is 0.267 e. The van der Waals surface area contributed by atoms with Gasteiger partial charge in [-0.1, -0.05) is 72.8 Å². The largest absolute Gasteiger partial charge is 0.350 e. The van der Waals surface area contributed by atoms with Crippen LogP contribution in [0.15, 0.2) is 102 Å². The molecule has 6 aromatic rings. The summed E-state index contributed by atoms with van der Waals surface area (Å²) in [6.07, 6.45) is 3.33. The molecule has 34 heavy (non-hydrogen) atoms. The van der Waals surface area contributed by atoms with Crippen molar-refractivity contribution in [3.63, 3.8) is 0 Å². The quantitative estimate of drug-likeness (QED) is 0.393. The molecule has 0 aliphatic heterocycles. The molecular formula is C27H20N6O. The standard InChI is InChI=1S/C27H20N6O/c34-26-23-17-30-32-24(23)22-16-29-27(31-25(22)33(26)20-12-5-2-6-13-20)28-15-19-11-7-8-14-21(19)18-9-3-1-4-10-18/h1-14,16-17H,15H2,(H,30,32)(H,28,29,31). The zero-order valence-electron chi connectivity index (χ0n) is 18.1. The van der Waals surface area contributed by atoms with Crippen LogP contribution in [-0.4, -0.2) is 24.7 Å². The number of nitrogens with one attached hydrogen (secondary N) is 2. The molecule has 0 radical (unpaired) electrons. The SMILES string of the molecule is O=c1c2c[nH]nc2c2cnc(NCc3ccccc3-c3ccccc3)nc2n1-c1ccccc1. The molecule has 3 aromatic carbocycles. The van der Waals surface area contributed by atoms with Crippen molar-refractivity contribution in [3.05, 3.63) is 113 Å². The molecule has 3 heterocycles. The number of benzene rings is 3. The van der Waals surface area contributed by atoms with E-state index in [-0.39, 0.29) is 5.56 Å². The lowest BCUT2D eigenvalue weighted by Crippen LogP contribution is -2.20. The Labute approximate surface area is 194 Å². The zero-order valence-corrected chi connectivity index (χ0v) is 18.1. The number of hydrogen-bond acceptors (Lipinski definition) is 5. The van der Waals surface area contributed by atoms with Crippen molar-refractivity contribution >= 4 is 27.9 Å². The van der Waals surface area contributed by atoms with Crippen LogP contribution >= 0.6 is 0 Å². The van der Waals surface area contributed by atoms with Crippen LogP contribution in [0.1, 0.15) is 5.56 Å². The third-order valence-corrected chi connectivity index (χ3v) is 5.86. The fourth-order valence-electron chi connectivity index (χ4n) is 4.24. The molecule has 7 heteroatoms. The summed E-state index contributed by atoms with van der Waals surface area (Å²) in [4.78, 5) is 22.6. The van der Waals surface area contributed by atoms with Crippen molar-refractivity contribution in [2.75, 3.05) is 5.32 Å². The second-order valence-electron chi connectivity index (χ2n) is 7.93. The lowest BCUT2D eigenvalue weighted by atomic mass is 10.00. The van der Waals surface area contributed by atoms with Gasteiger partial charge in [-0.2, -0.15) is 10.1 Å². The van der Waals surface area contributed by atoms with E-state index in [1.54, 1.807) is 17.0 Å². The van der Waals surface area contributed by atoms with Gasteiger partial charge in [-0.3, -0.25) is 14.5 Å². The van der Waals surface area contributed by atoms with E-state index in [0.717, 1.165) is 22.4 Å². The first kappa shape index (κ1) is 19.9. The molecule has 0 saturated carbocycles. The number of aromatic amines is 1. The van der Waals surface area contributed by atoms with Gasteiger partial charge in [0.15, 0.2) is 5.65 Å². The maximum Gasteiger partial charge on any atom is 0.267 e. The summed E-state index contributed by atoms with van der Waals surface area (Å²) in [5, 5.41) is 11.6. The van der Waals surface area contributed by atoms with Crippen LogP contribution in [-0.2, 0) is 6.54 Å². The fourth-order valence-corrected chi connectivity index (χ4v) is 4.24. The Bertz CT molecular complexity index is 1670. The van der Waals surface area contributed by atoms with E-state index < -0.39 is 0 Å². The molecule has 0 amide bonds. The summed E-state index contributed by atoms with van der Waals surface area (Å²) in [7, 11) is 0. The minimum atomic E-state index is -0.179. The van der Waals surface area contributed by atoms with Crippen LogP contribution in [0.5, 0.6) is 0 Å². The van der Waals surface area contributed by atoms with Gasteiger partial charge in [-0.25, -0.2) is 4.98 Å². The van der Waals surface area contributed by atoms with Crippen LogP contribution in [0.2, 0.25) is 0 Å². The monoisotopic (exact) mass is 444 g/mol. The normalized spacial score (nSPS) is 11.2. The van der Waals surface area contributed by atoms with Gasteiger partial charge in [0.2, 0.25) is 5.95 Å². The maximum absolute atomic E-state index is 13.3. The van der Waals surface area contributed by atoms with Crippen LogP contribution in [0, 0.1) is 0 Å². The van der Waals surface area contributed by atoms with Gasteiger partial charge >= 0.3 is 0 Å². The average Bonchev–Trinajstić information content (AvgIpc) is 3.40. The minimum Gasteiger partial charge on any atom is -0.350 e. The highest BCUT2D eigenvalue weighted by atomic mass is 16.1. The van der Waals surface area contributed by atoms with Crippen molar-refractivity contribution in [1.29, 1.82) is 0 Å². The Balaban J connectivity index is 1.43. The Hall–Kier alpha value is -4.78. The molecule has 164 valence electrons. The molecule has 0 fully saturated rings. The predicted molar refractivity (Wildman–Crippen MR) is 134 cm³/mol. The Kier molecular flexibility index (Phi) is 4.85. The Morgan fingerprint density at radius 1 is 0.853 bits per heavy atom. The molecule has 7 nitrogen and oxygen atoms in total. The molecule has 2 N–H and O–H groups in total. The van der Waals surface area contributed by atoms with Gasteiger partial charge < -0.3 is 5.32 Å². The number of H-pyrrole nitrogens is 1. The molecular weight excluding hydrogens is 424 g/mol. The van der Waals surface area contributed by atoms with Crippen LogP contribution < -0.4 is 10.9 Å². The van der Waals surface area contributed by atoms with E-state index in [1.807, 2.05) is 60.7 Å². The van der Waals surface area contributed by atoms with Crippen molar-refractivity contribution in [2.45, 2.75) is 6.54 Å². The van der Waals surface area contributed by atoms with Crippen LogP contribution in [0.25, 0.3) is 38.8 Å². The number of pyridine rings is 1. The molecule has 0 aliphatic carbocycles. The number of hydrogen-bond donors (Lipinski definition) is 2. The summed E-state index contributed by atoms with van der Waals surface area (Å²) in [5.41, 5.74) is 5.05. The summed E-state index contributed by atoms with van der Waals surface area (Å²) >= 11 is 0. The first-order valence-corrected chi connectivity index (χ1v) is 11.0. The Morgan fingerprint density at radius 3 is 2.41 bits per heavy atom.